The largest absolute Gasteiger partial charge is 0.478 e. The molecule has 0 aliphatic carbocycles. The third-order valence-electron chi connectivity index (χ3n) is 2.74. The fraction of sp³-hybridized carbons (Fsp3) is 0. The third-order valence-corrected chi connectivity index (χ3v) is 2.74. The Bertz CT molecular complexity index is 719. The first kappa shape index (κ1) is 10.5. The molecule has 5 nitrogen and oxygen atoms in total. The number of imidazole rings is 1. The van der Waals surface area contributed by atoms with Crippen molar-refractivity contribution in [1.29, 1.82) is 0 Å². The summed E-state index contributed by atoms with van der Waals surface area (Å²) < 4.78 is 1.89. The number of carbonyl (C=O) groups is 1. The SMILES string of the molecule is O=C(O)c1ccc2c(c1)ncn2-c1ccncc1. The van der Waals surface area contributed by atoms with Gasteiger partial charge in [-0.15, -0.1) is 0 Å². The molecule has 0 atom stereocenters. The van der Waals surface area contributed by atoms with Crippen LogP contribution in [-0.2, 0) is 0 Å². The van der Waals surface area contributed by atoms with Gasteiger partial charge in [0.1, 0.15) is 6.33 Å². The Hall–Kier alpha value is -2.69. The highest BCUT2D eigenvalue weighted by Gasteiger charge is 2.08. The quantitative estimate of drug-likeness (QED) is 0.743. The Balaban J connectivity index is 2.19. The molecule has 1 N–H and O–H groups in total. The van der Waals surface area contributed by atoms with Gasteiger partial charge in [-0.25, -0.2) is 9.78 Å². The predicted molar refractivity (Wildman–Crippen MR) is 65.8 cm³/mol. The molecule has 0 amide bonds. The van der Waals surface area contributed by atoms with E-state index >= 15 is 0 Å². The molecule has 0 aliphatic rings. The maximum atomic E-state index is 10.9. The van der Waals surface area contributed by atoms with Gasteiger partial charge < -0.3 is 5.11 Å². The summed E-state index contributed by atoms with van der Waals surface area (Å²) in [6.45, 7) is 0. The Labute approximate surface area is 102 Å². The summed E-state index contributed by atoms with van der Waals surface area (Å²) in [5.41, 5.74) is 2.70. The molecule has 0 fully saturated rings. The number of aromatic carboxylic acids is 1. The number of carboxylic acid groups (broad SMARTS) is 1. The van der Waals surface area contributed by atoms with Gasteiger partial charge in [0, 0.05) is 12.4 Å². The number of hydrogen-bond acceptors (Lipinski definition) is 3. The van der Waals surface area contributed by atoms with Crippen LogP contribution in [0.15, 0.2) is 49.1 Å². The maximum absolute atomic E-state index is 10.9. The van der Waals surface area contributed by atoms with Gasteiger partial charge in [0.05, 0.1) is 22.3 Å². The number of carboxylic acids is 1. The summed E-state index contributed by atoms with van der Waals surface area (Å²) in [4.78, 5) is 19.1. The average Bonchev–Trinajstić information content (AvgIpc) is 2.82. The van der Waals surface area contributed by atoms with Crippen molar-refractivity contribution < 1.29 is 9.90 Å². The first-order valence-electron chi connectivity index (χ1n) is 5.36. The average molecular weight is 239 g/mol. The molecule has 0 aliphatic heterocycles. The molecule has 0 unspecified atom stereocenters. The van der Waals surface area contributed by atoms with Crippen LogP contribution in [0.4, 0.5) is 0 Å². The van der Waals surface area contributed by atoms with E-state index in [2.05, 4.69) is 9.97 Å². The lowest BCUT2D eigenvalue weighted by Crippen LogP contribution is -1.96. The zero-order valence-electron chi connectivity index (χ0n) is 9.32. The molecule has 0 bridgehead atoms. The number of nitrogens with zero attached hydrogens (tertiary/aromatic N) is 3. The fourth-order valence-corrected chi connectivity index (χ4v) is 1.86. The lowest BCUT2D eigenvalue weighted by molar-refractivity contribution is 0.0697. The van der Waals surface area contributed by atoms with Gasteiger partial charge in [-0.2, -0.15) is 0 Å². The van der Waals surface area contributed by atoms with Gasteiger partial charge >= 0.3 is 5.97 Å². The van der Waals surface area contributed by atoms with Crippen molar-refractivity contribution in [2.45, 2.75) is 0 Å². The van der Waals surface area contributed by atoms with Crippen LogP contribution in [0.1, 0.15) is 10.4 Å². The Morgan fingerprint density at radius 3 is 2.67 bits per heavy atom. The van der Waals surface area contributed by atoms with E-state index in [4.69, 9.17) is 5.11 Å². The van der Waals surface area contributed by atoms with Gasteiger partial charge in [0.25, 0.3) is 0 Å². The molecular formula is C13H9N3O2. The van der Waals surface area contributed by atoms with Gasteiger partial charge in [0.15, 0.2) is 0 Å². The summed E-state index contributed by atoms with van der Waals surface area (Å²) in [7, 11) is 0. The number of pyridine rings is 1. The van der Waals surface area contributed by atoms with Crippen molar-refractivity contribution in [2.24, 2.45) is 0 Å². The van der Waals surface area contributed by atoms with Crippen LogP contribution in [0.5, 0.6) is 0 Å². The van der Waals surface area contributed by atoms with Crippen molar-refractivity contribution in [1.82, 2.24) is 14.5 Å². The zero-order chi connectivity index (χ0) is 12.5. The van der Waals surface area contributed by atoms with Gasteiger partial charge in [0.2, 0.25) is 0 Å². The fourth-order valence-electron chi connectivity index (χ4n) is 1.86. The molecule has 3 rings (SSSR count). The molecule has 2 heterocycles. The van der Waals surface area contributed by atoms with E-state index in [-0.39, 0.29) is 5.56 Å². The van der Waals surface area contributed by atoms with E-state index in [1.54, 1.807) is 36.9 Å². The van der Waals surface area contributed by atoms with Gasteiger partial charge in [-0.3, -0.25) is 9.55 Å². The van der Waals surface area contributed by atoms with Crippen LogP contribution in [0.3, 0.4) is 0 Å². The van der Waals surface area contributed by atoms with Crippen LogP contribution in [0.25, 0.3) is 16.7 Å². The Morgan fingerprint density at radius 2 is 1.94 bits per heavy atom. The molecule has 0 radical (unpaired) electrons. The zero-order valence-corrected chi connectivity index (χ0v) is 9.32. The Kier molecular flexibility index (Phi) is 2.30. The van der Waals surface area contributed by atoms with E-state index < -0.39 is 5.97 Å². The van der Waals surface area contributed by atoms with Crippen molar-refractivity contribution in [3.05, 3.63) is 54.6 Å². The van der Waals surface area contributed by atoms with Crippen LogP contribution in [0.2, 0.25) is 0 Å². The summed E-state index contributed by atoms with van der Waals surface area (Å²) >= 11 is 0. The van der Waals surface area contributed by atoms with Crippen molar-refractivity contribution in [3.63, 3.8) is 0 Å². The summed E-state index contributed by atoms with van der Waals surface area (Å²) in [5, 5.41) is 8.93. The monoisotopic (exact) mass is 239 g/mol. The lowest BCUT2D eigenvalue weighted by atomic mass is 10.2. The molecule has 3 aromatic rings. The second kappa shape index (κ2) is 3.96. The number of aromatic nitrogens is 3. The topological polar surface area (TPSA) is 68.0 Å². The first-order chi connectivity index (χ1) is 8.75. The standard InChI is InChI=1S/C13H9N3O2/c17-13(18)9-1-2-12-11(7-9)15-8-16(12)10-3-5-14-6-4-10/h1-8H,(H,17,18). The molecule has 0 spiro atoms. The van der Waals surface area contributed by atoms with E-state index in [1.165, 1.54) is 0 Å². The van der Waals surface area contributed by atoms with Crippen molar-refractivity contribution in [3.8, 4) is 5.69 Å². The van der Waals surface area contributed by atoms with Crippen molar-refractivity contribution >= 4 is 17.0 Å². The second-order valence-electron chi connectivity index (χ2n) is 3.83. The van der Waals surface area contributed by atoms with Crippen LogP contribution in [0, 0.1) is 0 Å². The molecule has 2 aromatic heterocycles. The van der Waals surface area contributed by atoms with E-state index in [1.807, 2.05) is 16.7 Å². The minimum Gasteiger partial charge on any atom is -0.478 e. The molecule has 1 aromatic carbocycles. The van der Waals surface area contributed by atoms with E-state index in [0.29, 0.717) is 5.52 Å². The number of fused-ring (bicyclic) bond motifs is 1. The van der Waals surface area contributed by atoms with Crippen LogP contribution < -0.4 is 0 Å². The molecule has 18 heavy (non-hydrogen) atoms. The summed E-state index contributed by atoms with van der Waals surface area (Å²) in [6.07, 6.45) is 5.07. The first-order valence-corrected chi connectivity index (χ1v) is 5.36. The molecule has 0 saturated heterocycles. The molecular weight excluding hydrogens is 230 g/mol. The predicted octanol–water partition coefficient (Wildman–Crippen LogP) is 2.12. The van der Waals surface area contributed by atoms with Gasteiger partial charge in [-0.1, -0.05) is 0 Å². The smallest absolute Gasteiger partial charge is 0.335 e. The van der Waals surface area contributed by atoms with Gasteiger partial charge in [-0.05, 0) is 30.3 Å². The number of hydrogen-bond donors (Lipinski definition) is 1. The summed E-state index contributed by atoms with van der Waals surface area (Å²) in [5.74, 6) is -0.949. The minimum atomic E-state index is -0.949. The highest BCUT2D eigenvalue weighted by molar-refractivity contribution is 5.92. The minimum absolute atomic E-state index is 0.238. The Morgan fingerprint density at radius 1 is 1.17 bits per heavy atom. The highest BCUT2D eigenvalue weighted by atomic mass is 16.4. The number of benzene rings is 1. The highest BCUT2D eigenvalue weighted by Crippen LogP contribution is 2.18. The summed E-state index contributed by atoms with van der Waals surface area (Å²) in [6, 6.07) is 8.63. The third kappa shape index (κ3) is 1.62. The lowest BCUT2D eigenvalue weighted by Gasteiger charge is -2.03. The second-order valence-corrected chi connectivity index (χ2v) is 3.83. The van der Waals surface area contributed by atoms with Crippen LogP contribution >= 0.6 is 0 Å². The molecule has 88 valence electrons. The normalized spacial score (nSPS) is 10.7. The number of rotatable bonds is 2. The van der Waals surface area contributed by atoms with E-state index in [0.717, 1.165) is 11.2 Å². The molecule has 0 saturated carbocycles. The molecule has 5 heteroatoms. The van der Waals surface area contributed by atoms with Crippen LogP contribution in [-0.4, -0.2) is 25.6 Å². The van der Waals surface area contributed by atoms with E-state index in [9.17, 15) is 4.79 Å². The van der Waals surface area contributed by atoms with Crippen molar-refractivity contribution in [2.75, 3.05) is 0 Å². The maximum Gasteiger partial charge on any atom is 0.335 e.